The maximum Gasteiger partial charge on any atom is 0.102 e. The Morgan fingerprint density at radius 2 is 1.95 bits per heavy atom. The lowest BCUT2D eigenvalue weighted by atomic mass is 10.1. The summed E-state index contributed by atoms with van der Waals surface area (Å²) < 4.78 is 1.92. The lowest BCUT2D eigenvalue weighted by Gasteiger charge is -2.19. The summed E-state index contributed by atoms with van der Waals surface area (Å²) in [6.45, 7) is 1.59. The predicted octanol–water partition coefficient (Wildman–Crippen LogP) is 0.598. The normalized spacial score (nSPS) is 11.1. The number of aliphatic hydroxyl groups is 2. The highest BCUT2D eigenvalue weighted by molar-refractivity contribution is 5.65. The average molecular weight is 259 g/mol. The molecular weight excluding hydrogens is 242 g/mol. The van der Waals surface area contributed by atoms with Crippen molar-refractivity contribution in [1.29, 1.82) is 5.26 Å². The molecule has 0 amide bonds. The molecule has 0 atom stereocenters. The summed E-state index contributed by atoms with van der Waals surface area (Å²) in [5, 5.41) is 27.3. The van der Waals surface area contributed by atoms with Gasteiger partial charge in [0.2, 0.25) is 0 Å². The highest BCUT2D eigenvalue weighted by Gasteiger charge is 2.13. The molecule has 2 rings (SSSR count). The first kappa shape index (κ1) is 13.6. The molecule has 19 heavy (non-hydrogen) atoms. The molecule has 2 aromatic rings. The zero-order valence-electron chi connectivity index (χ0n) is 10.7. The van der Waals surface area contributed by atoms with Crippen molar-refractivity contribution in [3.8, 4) is 6.07 Å². The van der Waals surface area contributed by atoms with Crippen LogP contribution in [0.3, 0.4) is 0 Å². The second-order valence-electron chi connectivity index (χ2n) is 4.36. The molecule has 2 heterocycles. The van der Waals surface area contributed by atoms with Gasteiger partial charge in [-0.05, 0) is 12.1 Å². The van der Waals surface area contributed by atoms with E-state index in [4.69, 9.17) is 10.2 Å². The van der Waals surface area contributed by atoms with Gasteiger partial charge >= 0.3 is 0 Å². The van der Waals surface area contributed by atoms with E-state index in [9.17, 15) is 5.26 Å². The minimum Gasteiger partial charge on any atom is -0.395 e. The third kappa shape index (κ3) is 2.93. The number of aliphatic hydroxyl groups excluding tert-OH is 2. The van der Waals surface area contributed by atoms with Crippen LogP contribution in [0.15, 0.2) is 30.6 Å². The molecule has 2 N–H and O–H groups in total. The Bertz CT molecular complexity index is 580. The van der Waals surface area contributed by atoms with Crippen LogP contribution in [0, 0.1) is 11.3 Å². The zero-order chi connectivity index (χ0) is 13.7. The van der Waals surface area contributed by atoms with Crippen molar-refractivity contribution < 1.29 is 10.2 Å². The van der Waals surface area contributed by atoms with Crippen LogP contribution in [-0.2, 0) is 6.54 Å². The highest BCUT2D eigenvalue weighted by atomic mass is 16.3. The van der Waals surface area contributed by atoms with Crippen LogP contribution in [0.1, 0.15) is 11.1 Å². The molecule has 0 spiro atoms. The van der Waals surface area contributed by atoms with E-state index in [1.165, 1.54) is 0 Å². The number of nitriles is 1. The van der Waals surface area contributed by atoms with Crippen LogP contribution >= 0.6 is 0 Å². The number of aromatic nitrogens is 1. The molecule has 2 aromatic heterocycles. The van der Waals surface area contributed by atoms with E-state index in [0.29, 0.717) is 25.2 Å². The van der Waals surface area contributed by atoms with Gasteiger partial charge in [-0.15, -0.1) is 0 Å². The van der Waals surface area contributed by atoms with Crippen molar-refractivity contribution in [1.82, 2.24) is 9.30 Å². The number of rotatable bonds is 6. The largest absolute Gasteiger partial charge is 0.395 e. The predicted molar refractivity (Wildman–Crippen MR) is 71.6 cm³/mol. The topological polar surface area (TPSA) is 71.9 Å². The van der Waals surface area contributed by atoms with Gasteiger partial charge in [-0.2, -0.15) is 5.26 Å². The number of hydrogen-bond acceptors (Lipinski definition) is 4. The molecule has 0 bridgehead atoms. The molecule has 0 aliphatic carbocycles. The van der Waals surface area contributed by atoms with Gasteiger partial charge in [0.1, 0.15) is 6.07 Å². The summed E-state index contributed by atoms with van der Waals surface area (Å²) in [6.07, 6.45) is 3.83. The molecular formula is C14H17N3O2. The standard InChI is InChI=1S/C14H17N3O2/c15-9-13-12(10-16(5-7-18)6-8-19)11-17-4-2-1-3-14(13)17/h1-4,11,18-19H,5-8,10H2. The second-order valence-corrected chi connectivity index (χ2v) is 4.36. The molecule has 5 nitrogen and oxygen atoms in total. The Balaban J connectivity index is 2.31. The lowest BCUT2D eigenvalue weighted by molar-refractivity contribution is 0.156. The first-order chi connectivity index (χ1) is 9.30. The van der Waals surface area contributed by atoms with Gasteiger partial charge in [-0.1, -0.05) is 6.07 Å². The molecule has 0 saturated carbocycles. The second kappa shape index (κ2) is 6.34. The van der Waals surface area contributed by atoms with E-state index < -0.39 is 0 Å². The summed E-state index contributed by atoms with van der Waals surface area (Å²) in [7, 11) is 0. The number of pyridine rings is 1. The van der Waals surface area contributed by atoms with Gasteiger partial charge in [0.05, 0.1) is 24.3 Å². The maximum absolute atomic E-state index is 9.30. The highest BCUT2D eigenvalue weighted by Crippen LogP contribution is 2.19. The third-order valence-corrected chi connectivity index (χ3v) is 3.10. The fourth-order valence-corrected chi connectivity index (χ4v) is 2.22. The quantitative estimate of drug-likeness (QED) is 0.796. The van der Waals surface area contributed by atoms with Crippen LogP contribution in [0.4, 0.5) is 0 Å². The smallest absolute Gasteiger partial charge is 0.102 e. The molecule has 0 aliphatic rings. The van der Waals surface area contributed by atoms with E-state index in [-0.39, 0.29) is 13.2 Å². The Morgan fingerprint density at radius 1 is 1.21 bits per heavy atom. The van der Waals surface area contributed by atoms with E-state index in [1.54, 1.807) is 0 Å². The number of fused-ring (bicyclic) bond motifs is 1. The van der Waals surface area contributed by atoms with Crippen LogP contribution in [0.5, 0.6) is 0 Å². The molecule has 5 heteroatoms. The Morgan fingerprint density at radius 3 is 2.58 bits per heavy atom. The SMILES string of the molecule is N#Cc1c(CN(CCO)CCO)cn2ccccc12. The van der Waals surface area contributed by atoms with Gasteiger partial charge in [0.25, 0.3) is 0 Å². The Hall–Kier alpha value is -1.87. The molecule has 0 aromatic carbocycles. The van der Waals surface area contributed by atoms with Crippen molar-refractivity contribution in [3.05, 3.63) is 41.7 Å². The van der Waals surface area contributed by atoms with Crippen LogP contribution in [0.25, 0.3) is 5.52 Å². The summed E-state index contributed by atoms with van der Waals surface area (Å²) in [5.41, 5.74) is 2.45. The van der Waals surface area contributed by atoms with Crippen LogP contribution in [0.2, 0.25) is 0 Å². The van der Waals surface area contributed by atoms with E-state index >= 15 is 0 Å². The van der Waals surface area contributed by atoms with Gasteiger partial charge in [-0.3, -0.25) is 4.90 Å². The summed E-state index contributed by atoms with van der Waals surface area (Å²) in [5.74, 6) is 0. The van der Waals surface area contributed by atoms with Crippen LogP contribution < -0.4 is 0 Å². The molecule has 0 unspecified atom stereocenters. The minimum absolute atomic E-state index is 0.0370. The zero-order valence-corrected chi connectivity index (χ0v) is 10.7. The number of nitrogens with zero attached hydrogens (tertiary/aromatic N) is 3. The fraction of sp³-hybridized carbons (Fsp3) is 0.357. The van der Waals surface area contributed by atoms with Gasteiger partial charge in [-0.25, -0.2) is 0 Å². The van der Waals surface area contributed by atoms with Gasteiger partial charge < -0.3 is 14.6 Å². The van der Waals surface area contributed by atoms with E-state index in [1.807, 2.05) is 39.9 Å². The summed E-state index contributed by atoms with van der Waals surface area (Å²) in [6, 6.07) is 7.96. The summed E-state index contributed by atoms with van der Waals surface area (Å²) in [4.78, 5) is 1.93. The van der Waals surface area contributed by atoms with Crippen molar-refractivity contribution in [2.75, 3.05) is 26.3 Å². The Labute approximate surface area is 111 Å². The third-order valence-electron chi connectivity index (χ3n) is 3.10. The van der Waals surface area contributed by atoms with Gasteiger partial charge in [0, 0.05) is 37.6 Å². The van der Waals surface area contributed by atoms with Crippen molar-refractivity contribution >= 4 is 5.52 Å². The maximum atomic E-state index is 9.30. The number of hydrogen-bond donors (Lipinski definition) is 2. The minimum atomic E-state index is 0.0370. The summed E-state index contributed by atoms with van der Waals surface area (Å²) >= 11 is 0. The van der Waals surface area contributed by atoms with E-state index in [0.717, 1.165) is 11.1 Å². The molecule has 0 fully saturated rings. The molecule has 0 radical (unpaired) electrons. The van der Waals surface area contributed by atoms with Crippen molar-refractivity contribution in [2.45, 2.75) is 6.54 Å². The van der Waals surface area contributed by atoms with E-state index in [2.05, 4.69) is 6.07 Å². The first-order valence-electron chi connectivity index (χ1n) is 6.23. The van der Waals surface area contributed by atoms with Crippen LogP contribution in [-0.4, -0.2) is 45.8 Å². The molecule has 0 saturated heterocycles. The first-order valence-corrected chi connectivity index (χ1v) is 6.23. The average Bonchev–Trinajstić information content (AvgIpc) is 2.76. The monoisotopic (exact) mass is 259 g/mol. The molecule has 0 aliphatic heterocycles. The fourth-order valence-electron chi connectivity index (χ4n) is 2.22. The lowest BCUT2D eigenvalue weighted by Crippen LogP contribution is -2.29. The molecule has 100 valence electrons. The Kier molecular flexibility index (Phi) is 4.53. The van der Waals surface area contributed by atoms with Crippen molar-refractivity contribution in [3.63, 3.8) is 0 Å². The van der Waals surface area contributed by atoms with Crippen molar-refractivity contribution in [2.24, 2.45) is 0 Å². The van der Waals surface area contributed by atoms with Gasteiger partial charge in [0.15, 0.2) is 0 Å².